The molecule has 1 fully saturated rings. The molecule has 2 heterocycles. The summed E-state index contributed by atoms with van der Waals surface area (Å²) in [6.45, 7) is 6.52. The van der Waals surface area contributed by atoms with E-state index < -0.39 is 0 Å². The fraction of sp³-hybridized carbons (Fsp3) is 0.500. The molecule has 0 radical (unpaired) electrons. The maximum absolute atomic E-state index is 5.62. The molecule has 5 nitrogen and oxygen atoms in total. The number of hydrogen-bond acceptors (Lipinski definition) is 3. The van der Waals surface area contributed by atoms with Crippen LogP contribution in [0.3, 0.4) is 0 Å². The Morgan fingerprint density at radius 2 is 1.78 bits per heavy atom. The van der Waals surface area contributed by atoms with E-state index in [4.69, 9.17) is 14.2 Å². The van der Waals surface area contributed by atoms with Crippen molar-refractivity contribution in [3.8, 4) is 29.1 Å². The van der Waals surface area contributed by atoms with Gasteiger partial charge in [0.1, 0.15) is 45.1 Å². The smallest absolute Gasteiger partial charge is 0.231 e. The molecule has 7 heteroatoms. The van der Waals surface area contributed by atoms with Crippen LogP contribution in [0, 0.1) is 11.8 Å². The Balaban J connectivity index is 0.00000132. The Hall–Kier alpha value is -1.32. The van der Waals surface area contributed by atoms with Crippen molar-refractivity contribution in [3.05, 3.63) is 18.2 Å². The lowest BCUT2D eigenvalue weighted by Gasteiger charge is -2.25. The SMILES string of the molecule is C[NH+]1CC[NH+](CC#CCOc2ccc3c(c2)OCO3)CC1.[Cl-].[Cl-]. The maximum atomic E-state index is 5.62. The number of quaternary nitrogens is 2. The molecule has 2 aliphatic rings. The number of fused-ring (bicyclic) bond motifs is 1. The van der Waals surface area contributed by atoms with Crippen molar-refractivity contribution in [2.45, 2.75) is 0 Å². The second-order valence-electron chi connectivity index (χ2n) is 5.54. The number of benzene rings is 1. The summed E-state index contributed by atoms with van der Waals surface area (Å²) in [4.78, 5) is 3.20. The van der Waals surface area contributed by atoms with Crippen molar-refractivity contribution < 1.29 is 48.8 Å². The van der Waals surface area contributed by atoms with Gasteiger partial charge in [0.05, 0.1) is 7.05 Å². The Morgan fingerprint density at radius 1 is 1.04 bits per heavy atom. The normalized spacial score (nSPS) is 21.3. The molecule has 0 aromatic heterocycles. The van der Waals surface area contributed by atoms with Gasteiger partial charge in [-0.3, -0.25) is 0 Å². The van der Waals surface area contributed by atoms with E-state index in [1.807, 2.05) is 18.2 Å². The van der Waals surface area contributed by atoms with Crippen LogP contribution in [0.1, 0.15) is 0 Å². The van der Waals surface area contributed by atoms with E-state index in [0.29, 0.717) is 6.61 Å². The molecule has 128 valence electrons. The summed E-state index contributed by atoms with van der Waals surface area (Å²) in [5, 5.41) is 0. The fourth-order valence-corrected chi connectivity index (χ4v) is 2.53. The number of hydrogen-bond donors (Lipinski definition) is 2. The van der Waals surface area contributed by atoms with E-state index in [2.05, 4.69) is 18.9 Å². The zero-order valence-corrected chi connectivity index (χ0v) is 14.7. The zero-order valence-electron chi connectivity index (χ0n) is 13.2. The largest absolute Gasteiger partial charge is 1.00 e. The minimum Gasteiger partial charge on any atom is -1.00 e. The molecule has 0 spiro atoms. The van der Waals surface area contributed by atoms with Crippen molar-refractivity contribution in [1.82, 2.24) is 0 Å². The molecule has 0 aliphatic carbocycles. The lowest BCUT2D eigenvalue weighted by Crippen LogP contribution is -3.26. The molecular weight excluding hydrogens is 339 g/mol. The van der Waals surface area contributed by atoms with Crippen LogP contribution in [-0.4, -0.2) is 53.2 Å². The van der Waals surface area contributed by atoms with E-state index in [1.165, 1.54) is 26.2 Å². The molecular formula is C16H22Cl2N2O3. The van der Waals surface area contributed by atoms with E-state index >= 15 is 0 Å². The number of piperazine rings is 1. The van der Waals surface area contributed by atoms with Crippen LogP contribution in [0.5, 0.6) is 17.2 Å². The predicted molar refractivity (Wildman–Crippen MR) is 78.0 cm³/mol. The third-order valence-electron chi connectivity index (χ3n) is 3.93. The summed E-state index contributed by atoms with van der Waals surface area (Å²) in [7, 11) is 2.25. The first kappa shape index (κ1) is 19.7. The minimum absolute atomic E-state index is 0. The van der Waals surface area contributed by atoms with Gasteiger partial charge in [0.2, 0.25) is 6.79 Å². The quantitative estimate of drug-likeness (QED) is 0.526. The fourth-order valence-electron chi connectivity index (χ4n) is 2.53. The third kappa shape index (κ3) is 5.67. The summed E-state index contributed by atoms with van der Waals surface area (Å²) in [5.41, 5.74) is 0. The van der Waals surface area contributed by atoms with Crippen molar-refractivity contribution >= 4 is 0 Å². The van der Waals surface area contributed by atoms with Gasteiger partial charge in [-0.1, -0.05) is 5.92 Å². The molecule has 1 aromatic carbocycles. The summed E-state index contributed by atoms with van der Waals surface area (Å²) < 4.78 is 16.2. The van der Waals surface area contributed by atoms with Gasteiger partial charge in [-0.05, 0) is 18.1 Å². The molecule has 0 atom stereocenters. The van der Waals surface area contributed by atoms with E-state index in [-0.39, 0.29) is 31.6 Å². The maximum Gasteiger partial charge on any atom is 0.231 e. The first-order chi connectivity index (χ1) is 10.3. The predicted octanol–water partition coefficient (Wildman–Crippen LogP) is -7.78. The third-order valence-corrected chi connectivity index (χ3v) is 3.93. The van der Waals surface area contributed by atoms with Crippen LogP contribution < -0.4 is 48.8 Å². The van der Waals surface area contributed by atoms with Gasteiger partial charge < -0.3 is 48.8 Å². The van der Waals surface area contributed by atoms with Crippen LogP contribution >= 0.6 is 0 Å². The Morgan fingerprint density at radius 3 is 2.57 bits per heavy atom. The van der Waals surface area contributed by atoms with Crippen molar-refractivity contribution in [2.24, 2.45) is 0 Å². The number of nitrogens with one attached hydrogen (secondary N) is 2. The first-order valence-electron chi connectivity index (χ1n) is 7.44. The first-order valence-corrected chi connectivity index (χ1v) is 7.44. The van der Waals surface area contributed by atoms with Crippen LogP contribution in [-0.2, 0) is 0 Å². The van der Waals surface area contributed by atoms with Gasteiger partial charge in [-0.25, -0.2) is 0 Å². The van der Waals surface area contributed by atoms with Crippen LogP contribution in [0.2, 0.25) is 0 Å². The molecule has 0 bridgehead atoms. The Bertz CT molecular complexity index is 552. The average Bonchev–Trinajstić information content (AvgIpc) is 2.96. The standard InChI is InChI=1S/C16H20N2O3.2ClH/c1-17-7-9-18(10-8-17)6-2-3-11-19-14-4-5-15-16(12-14)21-13-20-15;;/h4-5,12H,6-11,13H2,1H3;2*1H. The Kier molecular flexibility index (Phi) is 8.35. The highest BCUT2D eigenvalue weighted by Crippen LogP contribution is 2.34. The van der Waals surface area contributed by atoms with Crippen molar-refractivity contribution in [1.29, 1.82) is 0 Å². The number of ether oxygens (including phenoxy) is 3. The van der Waals surface area contributed by atoms with Gasteiger partial charge in [0.25, 0.3) is 0 Å². The highest BCUT2D eigenvalue weighted by molar-refractivity contribution is 5.46. The Labute approximate surface area is 149 Å². The topological polar surface area (TPSA) is 36.6 Å². The molecule has 3 rings (SSSR count). The lowest BCUT2D eigenvalue weighted by atomic mass is 10.3. The van der Waals surface area contributed by atoms with Gasteiger partial charge in [-0.15, -0.1) is 0 Å². The second-order valence-corrected chi connectivity index (χ2v) is 5.54. The molecule has 23 heavy (non-hydrogen) atoms. The van der Waals surface area contributed by atoms with Gasteiger partial charge in [0, 0.05) is 6.07 Å². The number of likely N-dealkylation sites (N-methyl/N-ethyl adjacent to an activating group) is 1. The van der Waals surface area contributed by atoms with E-state index in [0.717, 1.165) is 23.8 Å². The summed E-state index contributed by atoms with van der Waals surface area (Å²) in [6.07, 6.45) is 0. The van der Waals surface area contributed by atoms with Gasteiger partial charge >= 0.3 is 0 Å². The second kappa shape index (κ2) is 9.74. The number of rotatable bonds is 3. The molecule has 2 aliphatic heterocycles. The highest BCUT2D eigenvalue weighted by Gasteiger charge is 2.18. The molecule has 0 amide bonds. The minimum atomic E-state index is 0. The molecule has 1 aromatic rings. The van der Waals surface area contributed by atoms with E-state index in [1.54, 1.807) is 9.80 Å². The summed E-state index contributed by atoms with van der Waals surface area (Å²) >= 11 is 0. The zero-order chi connectivity index (χ0) is 14.5. The molecule has 0 saturated carbocycles. The lowest BCUT2D eigenvalue weighted by molar-refractivity contribution is -1.000. The number of halogens is 2. The van der Waals surface area contributed by atoms with Crippen LogP contribution in [0.25, 0.3) is 0 Å². The highest BCUT2D eigenvalue weighted by atomic mass is 35.5. The van der Waals surface area contributed by atoms with Crippen LogP contribution in [0.15, 0.2) is 18.2 Å². The molecule has 0 unspecified atom stereocenters. The average molecular weight is 361 g/mol. The summed E-state index contributed by atoms with van der Waals surface area (Å²) in [6, 6.07) is 5.59. The molecule has 1 saturated heterocycles. The van der Waals surface area contributed by atoms with Crippen molar-refractivity contribution in [2.75, 3.05) is 53.2 Å². The van der Waals surface area contributed by atoms with E-state index in [9.17, 15) is 0 Å². The molecule has 2 N–H and O–H groups in total. The van der Waals surface area contributed by atoms with Gasteiger partial charge in [0.15, 0.2) is 11.5 Å². The summed E-state index contributed by atoms with van der Waals surface area (Å²) in [5.74, 6) is 8.58. The monoisotopic (exact) mass is 360 g/mol. The van der Waals surface area contributed by atoms with Gasteiger partial charge in [-0.2, -0.15) is 0 Å². The van der Waals surface area contributed by atoms with Crippen molar-refractivity contribution in [3.63, 3.8) is 0 Å². The van der Waals surface area contributed by atoms with Crippen LogP contribution in [0.4, 0.5) is 0 Å².